The number of likely N-dealkylation sites (tertiary alicyclic amines) is 1. The third-order valence-electron chi connectivity index (χ3n) is 4.20. The number of amides is 2. The molecule has 0 spiro atoms. The molecule has 1 atom stereocenters. The Balaban J connectivity index is 1.65. The van der Waals surface area contributed by atoms with Crippen LogP contribution in [0.2, 0.25) is 0 Å². The number of carbonyl (C=O) groups excluding carboxylic acids is 1. The number of hydrogen-bond acceptors (Lipinski definition) is 4. The highest BCUT2D eigenvalue weighted by Gasteiger charge is 2.17. The molecule has 0 saturated carbocycles. The molecule has 1 aliphatic rings. The van der Waals surface area contributed by atoms with E-state index in [0.29, 0.717) is 0 Å². The van der Waals surface area contributed by atoms with Gasteiger partial charge in [-0.05, 0) is 43.9 Å². The van der Waals surface area contributed by atoms with Crippen LogP contribution in [0.5, 0.6) is 0 Å². The Hall–Kier alpha value is -2.02. The van der Waals surface area contributed by atoms with Crippen LogP contribution in [0, 0.1) is 0 Å². The highest BCUT2D eigenvalue weighted by atomic mass is 32.2. The second-order valence-corrected chi connectivity index (χ2v) is 7.40. The van der Waals surface area contributed by atoms with Crippen LogP contribution in [0.15, 0.2) is 35.7 Å². The Labute approximate surface area is 146 Å². The standard InChI is InChI=1S/C17H23N5OS/c1-13(24-17-20-18-12-21(17)2)14-7-6-8-15(11-14)19-16(23)22-9-4-3-5-10-22/h6-8,11-13H,3-5,9-10H2,1-2H3,(H,19,23). The van der Waals surface area contributed by atoms with Gasteiger partial charge in [0.05, 0.1) is 0 Å². The van der Waals surface area contributed by atoms with Crippen molar-refractivity contribution < 1.29 is 4.79 Å². The summed E-state index contributed by atoms with van der Waals surface area (Å²) in [7, 11) is 1.93. The minimum absolute atomic E-state index is 0.000423. The van der Waals surface area contributed by atoms with E-state index in [0.717, 1.165) is 42.3 Å². The fourth-order valence-electron chi connectivity index (χ4n) is 2.77. The Kier molecular flexibility index (Phi) is 5.40. The van der Waals surface area contributed by atoms with E-state index in [-0.39, 0.29) is 11.3 Å². The van der Waals surface area contributed by atoms with Gasteiger partial charge in [0.15, 0.2) is 5.16 Å². The summed E-state index contributed by atoms with van der Waals surface area (Å²) in [5, 5.41) is 12.1. The Morgan fingerprint density at radius 2 is 2.08 bits per heavy atom. The van der Waals surface area contributed by atoms with Crippen LogP contribution >= 0.6 is 11.8 Å². The van der Waals surface area contributed by atoms with Crippen molar-refractivity contribution in [1.82, 2.24) is 19.7 Å². The number of aromatic nitrogens is 3. The van der Waals surface area contributed by atoms with Gasteiger partial charge in [-0.25, -0.2) is 4.79 Å². The van der Waals surface area contributed by atoms with Gasteiger partial charge in [-0.15, -0.1) is 10.2 Å². The lowest BCUT2D eigenvalue weighted by Gasteiger charge is -2.27. The predicted molar refractivity (Wildman–Crippen MR) is 96.2 cm³/mol. The van der Waals surface area contributed by atoms with Crippen LogP contribution in [0.25, 0.3) is 0 Å². The number of rotatable bonds is 4. The molecule has 2 amide bonds. The quantitative estimate of drug-likeness (QED) is 0.859. The lowest BCUT2D eigenvalue weighted by atomic mass is 10.1. The molecule has 7 heteroatoms. The molecule has 1 unspecified atom stereocenters. The van der Waals surface area contributed by atoms with E-state index >= 15 is 0 Å². The second-order valence-electron chi connectivity index (χ2n) is 6.09. The monoisotopic (exact) mass is 345 g/mol. The van der Waals surface area contributed by atoms with Gasteiger partial charge in [-0.2, -0.15) is 0 Å². The van der Waals surface area contributed by atoms with Gasteiger partial charge in [0.2, 0.25) is 0 Å². The largest absolute Gasteiger partial charge is 0.325 e. The molecule has 3 rings (SSSR count). The van der Waals surface area contributed by atoms with E-state index in [1.54, 1.807) is 18.1 Å². The lowest BCUT2D eigenvalue weighted by Crippen LogP contribution is -2.38. The molecular weight excluding hydrogens is 322 g/mol. The number of carbonyl (C=O) groups is 1. The number of thioether (sulfide) groups is 1. The van der Waals surface area contributed by atoms with Gasteiger partial charge < -0.3 is 14.8 Å². The molecule has 6 nitrogen and oxygen atoms in total. The van der Waals surface area contributed by atoms with Crippen LogP contribution in [-0.2, 0) is 7.05 Å². The molecular formula is C17H23N5OS. The molecule has 1 aromatic heterocycles. The fraction of sp³-hybridized carbons (Fsp3) is 0.471. The number of urea groups is 1. The number of piperidine rings is 1. The van der Waals surface area contributed by atoms with Crippen LogP contribution in [0.4, 0.5) is 10.5 Å². The summed E-state index contributed by atoms with van der Waals surface area (Å²) in [5.74, 6) is 0. The van der Waals surface area contributed by atoms with Gasteiger partial charge in [-0.3, -0.25) is 0 Å². The van der Waals surface area contributed by atoms with Crippen LogP contribution < -0.4 is 5.32 Å². The summed E-state index contributed by atoms with van der Waals surface area (Å²) in [4.78, 5) is 14.2. The molecule has 2 aromatic rings. The third-order valence-corrected chi connectivity index (χ3v) is 5.41. The number of anilines is 1. The van der Waals surface area contributed by atoms with E-state index in [9.17, 15) is 4.79 Å². The molecule has 1 saturated heterocycles. The smallest absolute Gasteiger partial charge is 0.321 e. The maximum Gasteiger partial charge on any atom is 0.321 e. The Morgan fingerprint density at radius 3 is 2.79 bits per heavy atom. The summed E-state index contributed by atoms with van der Waals surface area (Å²) in [6, 6.07) is 8.03. The van der Waals surface area contributed by atoms with Crippen molar-refractivity contribution in [3.05, 3.63) is 36.2 Å². The Bertz CT molecular complexity index is 696. The number of aryl methyl sites for hydroxylation is 1. The summed E-state index contributed by atoms with van der Waals surface area (Å²) < 4.78 is 1.91. The number of hydrogen-bond donors (Lipinski definition) is 1. The van der Waals surface area contributed by atoms with Crippen molar-refractivity contribution in [2.45, 2.75) is 36.6 Å². The molecule has 128 valence electrons. The highest BCUT2D eigenvalue weighted by molar-refractivity contribution is 7.99. The third kappa shape index (κ3) is 4.08. The molecule has 0 aliphatic carbocycles. The summed E-state index contributed by atoms with van der Waals surface area (Å²) in [6.45, 7) is 3.83. The first kappa shape index (κ1) is 16.8. The van der Waals surface area contributed by atoms with Crippen LogP contribution in [0.1, 0.15) is 37.0 Å². The van der Waals surface area contributed by atoms with Gasteiger partial charge >= 0.3 is 6.03 Å². The zero-order chi connectivity index (χ0) is 16.9. The summed E-state index contributed by atoms with van der Waals surface area (Å²) in [6.07, 6.45) is 5.11. The van der Waals surface area contributed by atoms with E-state index < -0.39 is 0 Å². The number of benzene rings is 1. The molecule has 24 heavy (non-hydrogen) atoms. The van der Waals surface area contributed by atoms with Crippen molar-refractivity contribution in [3.8, 4) is 0 Å². The minimum Gasteiger partial charge on any atom is -0.325 e. The van der Waals surface area contributed by atoms with Gasteiger partial charge in [0.25, 0.3) is 0 Å². The van der Waals surface area contributed by atoms with Gasteiger partial charge in [-0.1, -0.05) is 23.9 Å². The fourth-order valence-corrected chi connectivity index (χ4v) is 3.68. The maximum absolute atomic E-state index is 12.3. The van der Waals surface area contributed by atoms with Gasteiger partial charge in [0.1, 0.15) is 6.33 Å². The molecule has 2 heterocycles. The molecule has 1 aromatic carbocycles. The van der Waals surface area contributed by atoms with E-state index in [1.807, 2.05) is 34.7 Å². The molecule has 1 fully saturated rings. The van der Waals surface area contributed by atoms with Crippen molar-refractivity contribution in [2.24, 2.45) is 7.05 Å². The van der Waals surface area contributed by atoms with E-state index in [4.69, 9.17) is 0 Å². The number of nitrogens with one attached hydrogen (secondary N) is 1. The first-order valence-corrected chi connectivity index (χ1v) is 9.18. The topological polar surface area (TPSA) is 63.1 Å². The average Bonchev–Trinajstić information content (AvgIpc) is 3.00. The maximum atomic E-state index is 12.3. The van der Waals surface area contributed by atoms with Crippen molar-refractivity contribution in [2.75, 3.05) is 18.4 Å². The molecule has 1 N–H and O–H groups in total. The van der Waals surface area contributed by atoms with Crippen molar-refractivity contribution in [3.63, 3.8) is 0 Å². The van der Waals surface area contributed by atoms with Crippen LogP contribution in [0.3, 0.4) is 0 Å². The normalized spacial score (nSPS) is 16.0. The predicted octanol–water partition coefficient (Wildman–Crippen LogP) is 3.69. The first-order valence-electron chi connectivity index (χ1n) is 8.30. The highest BCUT2D eigenvalue weighted by Crippen LogP contribution is 2.34. The SMILES string of the molecule is CC(Sc1nncn1C)c1cccc(NC(=O)N2CCCCC2)c1. The average molecular weight is 345 g/mol. The zero-order valence-corrected chi connectivity index (χ0v) is 14.9. The number of nitrogens with zero attached hydrogens (tertiary/aromatic N) is 4. The van der Waals surface area contributed by atoms with E-state index in [1.165, 1.54) is 6.42 Å². The summed E-state index contributed by atoms with van der Waals surface area (Å²) >= 11 is 1.65. The lowest BCUT2D eigenvalue weighted by molar-refractivity contribution is 0.200. The minimum atomic E-state index is 0.000423. The van der Waals surface area contributed by atoms with Crippen LogP contribution in [-0.4, -0.2) is 38.8 Å². The zero-order valence-electron chi connectivity index (χ0n) is 14.1. The summed E-state index contributed by atoms with van der Waals surface area (Å²) in [5.41, 5.74) is 1.99. The molecule has 1 aliphatic heterocycles. The van der Waals surface area contributed by atoms with Crippen molar-refractivity contribution >= 4 is 23.5 Å². The molecule has 0 radical (unpaired) electrons. The first-order chi connectivity index (χ1) is 11.6. The van der Waals surface area contributed by atoms with Gasteiger partial charge in [0, 0.05) is 31.1 Å². The Morgan fingerprint density at radius 1 is 1.29 bits per heavy atom. The van der Waals surface area contributed by atoms with E-state index in [2.05, 4.69) is 28.5 Å². The molecule has 0 bridgehead atoms. The van der Waals surface area contributed by atoms with Crippen molar-refractivity contribution in [1.29, 1.82) is 0 Å². The second kappa shape index (κ2) is 7.70.